The molecule has 0 atom stereocenters. The molecular weight excluding hydrogens is 380 g/mol. The Morgan fingerprint density at radius 1 is 0.900 bits per heavy atom. The van der Waals surface area contributed by atoms with Crippen molar-refractivity contribution >= 4 is 0 Å². The molecule has 2 aromatic carbocycles. The fraction of sp³-hybridized carbons (Fsp3) is 0.182. The van der Waals surface area contributed by atoms with Crippen LogP contribution in [0.2, 0.25) is 0 Å². The molecule has 0 amide bonds. The third-order valence-corrected chi connectivity index (χ3v) is 4.36. The van der Waals surface area contributed by atoms with E-state index >= 15 is 0 Å². The van der Waals surface area contributed by atoms with Gasteiger partial charge in [0.2, 0.25) is 0 Å². The van der Waals surface area contributed by atoms with Gasteiger partial charge in [0.25, 0.3) is 0 Å². The van der Waals surface area contributed by atoms with Crippen LogP contribution in [0.4, 0.5) is 0 Å². The van der Waals surface area contributed by atoms with Gasteiger partial charge in [-0.15, -0.1) is 0 Å². The molecule has 0 fully saturated rings. The molecule has 4 aromatic rings. The lowest BCUT2D eigenvalue weighted by Crippen LogP contribution is -2.12. The lowest BCUT2D eigenvalue weighted by atomic mass is 10.2. The van der Waals surface area contributed by atoms with Crippen LogP contribution in [0, 0.1) is 0 Å². The molecule has 0 saturated carbocycles. The first-order valence-electron chi connectivity index (χ1n) is 9.70. The molecule has 0 unspecified atom stereocenters. The van der Waals surface area contributed by atoms with Gasteiger partial charge in [0.05, 0.1) is 12.3 Å². The molecular formula is C22H22N6O2. The Bertz CT molecular complexity index is 1070. The number of tetrazole rings is 1. The number of hydrogen-bond donors (Lipinski definition) is 1. The van der Waals surface area contributed by atoms with Crippen LogP contribution in [0.25, 0.3) is 5.69 Å². The highest BCUT2D eigenvalue weighted by atomic mass is 16.5. The average Bonchev–Trinajstić information content (AvgIpc) is 3.25. The van der Waals surface area contributed by atoms with Crippen LogP contribution in [0.3, 0.4) is 0 Å². The monoisotopic (exact) mass is 402 g/mol. The Morgan fingerprint density at radius 3 is 2.50 bits per heavy atom. The lowest BCUT2D eigenvalue weighted by molar-refractivity contribution is 0.315. The topological polar surface area (TPSA) is 87.0 Å². The normalized spacial score (nSPS) is 10.7. The summed E-state index contributed by atoms with van der Waals surface area (Å²) in [4.78, 5) is 4.04. The third kappa shape index (κ3) is 4.79. The zero-order valence-corrected chi connectivity index (χ0v) is 16.6. The molecule has 4 rings (SSSR count). The number of hydrogen-bond acceptors (Lipinski definition) is 7. The van der Waals surface area contributed by atoms with Gasteiger partial charge in [-0.2, -0.15) is 4.68 Å². The van der Waals surface area contributed by atoms with E-state index in [1.807, 2.05) is 67.6 Å². The van der Waals surface area contributed by atoms with Gasteiger partial charge >= 0.3 is 6.01 Å². The molecule has 0 radical (unpaired) electrons. The minimum absolute atomic E-state index is 0.269. The van der Waals surface area contributed by atoms with E-state index in [0.29, 0.717) is 24.7 Å². The number of aromatic nitrogens is 5. The van der Waals surface area contributed by atoms with Gasteiger partial charge in [0.1, 0.15) is 0 Å². The Kier molecular flexibility index (Phi) is 6.26. The summed E-state index contributed by atoms with van der Waals surface area (Å²) in [5.41, 5.74) is 3.08. The maximum Gasteiger partial charge on any atom is 0.346 e. The summed E-state index contributed by atoms with van der Waals surface area (Å²) in [7, 11) is 0. The van der Waals surface area contributed by atoms with E-state index in [1.54, 1.807) is 17.1 Å². The third-order valence-electron chi connectivity index (χ3n) is 4.36. The second kappa shape index (κ2) is 9.62. The number of nitrogens with zero attached hydrogens (tertiary/aromatic N) is 5. The van der Waals surface area contributed by atoms with E-state index in [9.17, 15) is 0 Å². The SMILES string of the molecule is CCOc1cc(CNCc2ccncc2)ccc1Oc1nnnn1-c1ccccc1. The van der Waals surface area contributed by atoms with Crippen LogP contribution in [-0.4, -0.2) is 31.8 Å². The van der Waals surface area contributed by atoms with Gasteiger partial charge in [0, 0.05) is 25.5 Å². The zero-order chi connectivity index (χ0) is 20.6. The number of nitrogens with one attached hydrogen (secondary N) is 1. The van der Waals surface area contributed by atoms with Crippen LogP contribution in [0.15, 0.2) is 73.1 Å². The van der Waals surface area contributed by atoms with E-state index in [2.05, 4.69) is 25.8 Å². The summed E-state index contributed by atoms with van der Waals surface area (Å²) in [6, 6.07) is 19.7. The van der Waals surface area contributed by atoms with Crippen LogP contribution < -0.4 is 14.8 Å². The summed E-state index contributed by atoms with van der Waals surface area (Å²) in [5.74, 6) is 1.20. The predicted molar refractivity (Wildman–Crippen MR) is 112 cm³/mol. The predicted octanol–water partition coefficient (Wildman–Crippen LogP) is 3.54. The molecule has 8 nitrogen and oxygen atoms in total. The largest absolute Gasteiger partial charge is 0.490 e. The Labute approximate surface area is 174 Å². The van der Waals surface area contributed by atoms with Gasteiger partial charge in [-0.3, -0.25) is 4.98 Å². The van der Waals surface area contributed by atoms with E-state index < -0.39 is 0 Å². The van der Waals surface area contributed by atoms with Crippen molar-refractivity contribution in [3.63, 3.8) is 0 Å². The molecule has 0 spiro atoms. The van der Waals surface area contributed by atoms with Gasteiger partial charge in [-0.1, -0.05) is 29.4 Å². The summed E-state index contributed by atoms with van der Waals surface area (Å²) in [6.45, 7) is 3.92. The number of ether oxygens (including phenoxy) is 2. The van der Waals surface area contributed by atoms with E-state index in [-0.39, 0.29) is 6.01 Å². The van der Waals surface area contributed by atoms with Gasteiger partial charge in [-0.25, -0.2) is 0 Å². The molecule has 2 aromatic heterocycles. The van der Waals surface area contributed by atoms with Crippen LogP contribution in [0.5, 0.6) is 17.5 Å². The Hall–Kier alpha value is -3.78. The number of benzene rings is 2. The first-order valence-corrected chi connectivity index (χ1v) is 9.70. The van der Waals surface area contributed by atoms with Crippen LogP contribution in [-0.2, 0) is 13.1 Å². The van der Waals surface area contributed by atoms with Crippen molar-refractivity contribution in [3.8, 4) is 23.2 Å². The van der Waals surface area contributed by atoms with E-state index in [4.69, 9.17) is 9.47 Å². The van der Waals surface area contributed by atoms with Gasteiger partial charge in [0.15, 0.2) is 11.5 Å². The average molecular weight is 402 g/mol. The van der Waals surface area contributed by atoms with Gasteiger partial charge < -0.3 is 14.8 Å². The minimum atomic E-state index is 0.269. The highest BCUT2D eigenvalue weighted by Crippen LogP contribution is 2.32. The molecule has 152 valence electrons. The highest BCUT2D eigenvalue weighted by Gasteiger charge is 2.14. The summed E-state index contributed by atoms with van der Waals surface area (Å²) >= 11 is 0. The fourth-order valence-corrected chi connectivity index (χ4v) is 2.94. The highest BCUT2D eigenvalue weighted by molar-refractivity contribution is 5.45. The fourth-order valence-electron chi connectivity index (χ4n) is 2.94. The van der Waals surface area contributed by atoms with Crippen LogP contribution >= 0.6 is 0 Å². The molecule has 0 bridgehead atoms. The molecule has 2 heterocycles. The number of para-hydroxylation sites is 1. The van der Waals surface area contributed by atoms with E-state index in [0.717, 1.165) is 17.8 Å². The van der Waals surface area contributed by atoms with Crippen molar-refractivity contribution in [2.75, 3.05) is 6.61 Å². The van der Waals surface area contributed by atoms with Crippen molar-refractivity contribution in [2.24, 2.45) is 0 Å². The Morgan fingerprint density at radius 2 is 1.70 bits per heavy atom. The van der Waals surface area contributed by atoms with Crippen LogP contribution in [0.1, 0.15) is 18.1 Å². The molecule has 0 aliphatic rings. The Balaban J connectivity index is 1.48. The maximum absolute atomic E-state index is 5.99. The molecule has 1 N–H and O–H groups in total. The van der Waals surface area contributed by atoms with Crippen molar-refractivity contribution < 1.29 is 9.47 Å². The minimum Gasteiger partial charge on any atom is -0.490 e. The second-order valence-corrected chi connectivity index (χ2v) is 6.48. The smallest absolute Gasteiger partial charge is 0.346 e. The molecule has 0 saturated heterocycles. The lowest BCUT2D eigenvalue weighted by Gasteiger charge is -2.13. The van der Waals surface area contributed by atoms with Crippen molar-refractivity contribution in [1.82, 2.24) is 30.5 Å². The van der Waals surface area contributed by atoms with Gasteiger partial charge in [-0.05, 0) is 64.9 Å². The van der Waals surface area contributed by atoms with Crippen molar-refractivity contribution in [1.29, 1.82) is 0 Å². The van der Waals surface area contributed by atoms with Crippen molar-refractivity contribution in [2.45, 2.75) is 20.0 Å². The summed E-state index contributed by atoms with van der Waals surface area (Å²) < 4.78 is 13.3. The molecule has 30 heavy (non-hydrogen) atoms. The van der Waals surface area contributed by atoms with Crippen molar-refractivity contribution in [3.05, 3.63) is 84.2 Å². The quantitative estimate of drug-likeness (QED) is 0.458. The molecule has 0 aliphatic heterocycles. The second-order valence-electron chi connectivity index (χ2n) is 6.48. The molecule has 0 aliphatic carbocycles. The standard InChI is InChI=1S/C22H22N6O2/c1-2-29-21-14-18(16-24-15-17-10-12-23-13-11-17)8-9-20(21)30-22-25-26-27-28(22)19-6-4-3-5-7-19/h3-14,24H,2,15-16H2,1H3. The van der Waals surface area contributed by atoms with E-state index in [1.165, 1.54) is 5.56 Å². The summed E-state index contributed by atoms with van der Waals surface area (Å²) in [5, 5.41) is 15.2. The molecule has 8 heteroatoms. The zero-order valence-electron chi connectivity index (χ0n) is 16.6. The summed E-state index contributed by atoms with van der Waals surface area (Å²) in [6.07, 6.45) is 3.58. The first-order chi connectivity index (χ1) is 14.8. The number of pyridine rings is 1. The first kappa shape index (κ1) is 19.5. The maximum atomic E-state index is 5.99. The number of rotatable bonds is 9.